The lowest BCUT2D eigenvalue weighted by atomic mass is 10.1. The van der Waals surface area contributed by atoms with Crippen LogP contribution in [-0.2, 0) is 0 Å². The lowest BCUT2D eigenvalue weighted by molar-refractivity contribution is -0.394. The first kappa shape index (κ1) is 11.6. The Balaban J connectivity index is 2.62. The van der Waals surface area contributed by atoms with Crippen LogP contribution >= 0.6 is 0 Å². The van der Waals surface area contributed by atoms with Gasteiger partial charge < -0.3 is 15.2 Å². The van der Waals surface area contributed by atoms with E-state index in [9.17, 15) is 19.3 Å². The number of rotatable bonds is 3. The fourth-order valence-electron chi connectivity index (χ4n) is 1.37. The summed E-state index contributed by atoms with van der Waals surface area (Å²) >= 11 is 0. The van der Waals surface area contributed by atoms with Crippen molar-refractivity contribution in [1.29, 1.82) is 0 Å². The molecule has 0 aliphatic carbocycles. The Kier molecular flexibility index (Phi) is 2.72. The van der Waals surface area contributed by atoms with E-state index in [4.69, 9.17) is 5.11 Å². The molecule has 0 amide bonds. The van der Waals surface area contributed by atoms with Crippen LogP contribution in [0.5, 0.6) is 0 Å². The predicted molar refractivity (Wildman–Crippen MR) is 54.9 cm³/mol. The highest BCUT2D eigenvalue weighted by molar-refractivity contribution is 5.91. The van der Waals surface area contributed by atoms with Gasteiger partial charge in [-0.05, 0) is 17.1 Å². The average Bonchev–Trinajstić information content (AvgIpc) is 2.77. The molecule has 1 heterocycles. The van der Waals surface area contributed by atoms with Crippen LogP contribution in [0.25, 0.3) is 5.69 Å². The molecule has 0 fully saturated rings. The molecular formula is C9H5FN4O4. The first-order valence-electron chi connectivity index (χ1n) is 4.59. The average molecular weight is 252 g/mol. The van der Waals surface area contributed by atoms with E-state index < -0.39 is 28.3 Å². The normalized spacial score (nSPS) is 10.3. The van der Waals surface area contributed by atoms with Crippen LogP contribution in [0.4, 0.5) is 10.3 Å². The third-order valence-electron chi connectivity index (χ3n) is 2.09. The molecule has 1 aromatic carbocycles. The number of carboxylic acids is 1. The summed E-state index contributed by atoms with van der Waals surface area (Å²) in [6.07, 6.45) is 0.878. The summed E-state index contributed by atoms with van der Waals surface area (Å²) in [5.74, 6) is -2.98. The number of halogens is 1. The maximum atomic E-state index is 13.6. The van der Waals surface area contributed by atoms with Gasteiger partial charge in [-0.3, -0.25) is 0 Å². The number of aromatic carboxylic acids is 1. The quantitative estimate of drug-likeness (QED) is 0.644. The Bertz CT molecular complexity index is 639. The Morgan fingerprint density at radius 1 is 1.50 bits per heavy atom. The lowest BCUT2D eigenvalue weighted by Crippen LogP contribution is -2.08. The number of carboxylic acid groups (broad SMARTS) is 1. The molecule has 8 nitrogen and oxygen atoms in total. The van der Waals surface area contributed by atoms with Crippen molar-refractivity contribution in [2.45, 2.75) is 0 Å². The number of nitro groups is 1. The number of benzene rings is 1. The number of hydrogen-bond donors (Lipinski definition) is 1. The van der Waals surface area contributed by atoms with Crippen molar-refractivity contribution in [2.24, 2.45) is 0 Å². The molecule has 0 saturated heterocycles. The molecular weight excluding hydrogens is 247 g/mol. The van der Waals surface area contributed by atoms with Crippen molar-refractivity contribution in [3.63, 3.8) is 0 Å². The molecule has 92 valence electrons. The third kappa shape index (κ3) is 1.88. The minimum atomic E-state index is -1.37. The Hall–Kier alpha value is -2.84. The first-order valence-corrected chi connectivity index (χ1v) is 4.59. The molecule has 0 bridgehead atoms. The van der Waals surface area contributed by atoms with Gasteiger partial charge in [0.15, 0.2) is 5.82 Å². The highest BCUT2D eigenvalue weighted by Gasteiger charge is 2.22. The van der Waals surface area contributed by atoms with Gasteiger partial charge in [0.25, 0.3) is 0 Å². The third-order valence-corrected chi connectivity index (χ3v) is 2.09. The van der Waals surface area contributed by atoms with Crippen LogP contribution in [0.15, 0.2) is 24.5 Å². The molecule has 1 N–H and O–H groups in total. The van der Waals surface area contributed by atoms with E-state index in [2.05, 4.69) is 10.1 Å². The van der Waals surface area contributed by atoms with Crippen LogP contribution in [0.3, 0.4) is 0 Å². The molecule has 2 rings (SSSR count). The van der Waals surface area contributed by atoms with E-state index in [0.717, 1.165) is 23.1 Å². The van der Waals surface area contributed by atoms with Crippen LogP contribution in [-0.4, -0.2) is 30.8 Å². The van der Waals surface area contributed by atoms with Crippen molar-refractivity contribution < 1.29 is 19.2 Å². The molecule has 1 aromatic heterocycles. The minimum absolute atomic E-state index is 0.366. The van der Waals surface area contributed by atoms with Crippen LogP contribution < -0.4 is 0 Å². The molecule has 9 heteroatoms. The van der Waals surface area contributed by atoms with Gasteiger partial charge >= 0.3 is 11.9 Å². The molecule has 0 spiro atoms. The summed E-state index contributed by atoms with van der Waals surface area (Å²) in [7, 11) is 0. The molecule has 0 unspecified atom stereocenters. The van der Waals surface area contributed by atoms with Crippen molar-refractivity contribution in [1.82, 2.24) is 14.8 Å². The van der Waals surface area contributed by atoms with Gasteiger partial charge in [0.2, 0.25) is 6.33 Å². The second-order valence-electron chi connectivity index (χ2n) is 3.19. The number of nitrogens with zero attached hydrogens (tertiary/aromatic N) is 4. The second kappa shape index (κ2) is 4.20. The topological polar surface area (TPSA) is 111 Å². The summed E-state index contributed by atoms with van der Waals surface area (Å²) < 4.78 is 14.3. The Morgan fingerprint density at radius 3 is 2.78 bits per heavy atom. The van der Waals surface area contributed by atoms with Crippen molar-refractivity contribution in [2.75, 3.05) is 0 Å². The number of aromatic nitrogens is 3. The van der Waals surface area contributed by atoms with Crippen molar-refractivity contribution in [3.05, 3.63) is 46.0 Å². The van der Waals surface area contributed by atoms with E-state index in [0.29, 0.717) is 0 Å². The van der Waals surface area contributed by atoms with Crippen LogP contribution in [0, 0.1) is 15.9 Å². The SMILES string of the molecule is O=C(O)c1cccc(F)c1-n1cnc([N+](=O)[O-])n1. The first-order chi connectivity index (χ1) is 8.50. The zero-order valence-corrected chi connectivity index (χ0v) is 8.65. The number of hydrogen-bond acceptors (Lipinski definition) is 5. The molecule has 0 aliphatic rings. The summed E-state index contributed by atoms with van der Waals surface area (Å²) in [5, 5.41) is 22.7. The molecule has 0 aliphatic heterocycles. The van der Waals surface area contributed by atoms with Crippen LogP contribution in [0.1, 0.15) is 10.4 Å². The second-order valence-corrected chi connectivity index (χ2v) is 3.19. The highest BCUT2D eigenvalue weighted by atomic mass is 19.1. The van der Waals surface area contributed by atoms with E-state index in [-0.39, 0.29) is 5.56 Å². The summed E-state index contributed by atoms with van der Waals surface area (Å²) in [5.41, 5.74) is -0.764. The van der Waals surface area contributed by atoms with E-state index in [1.807, 2.05) is 0 Å². The number of para-hydroxylation sites is 1. The smallest absolute Gasteiger partial charge is 0.478 e. The van der Waals surface area contributed by atoms with Gasteiger partial charge in [0.05, 0.1) is 5.56 Å². The van der Waals surface area contributed by atoms with Gasteiger partial charge in [0.1, 0.15) is 5.69 Å². The standard InChI is InChI=1S/C9H5FN4O4/c10-6-3-1-2-5(8(15)16)7(6)13-4-11-9(12-13)14(17)18/h1-4H,(H,15,16). The fourth-order valence-corrected chi connectivity index (χ4v) is 1.37. The predicted octanol–water partition coefficient (Wildman–Crippen LogP) is 1.01. The van der Waals surface area contributed by atoms with E-state index in [1.54, 1.807) is 0 Å². The van der Waals surface area contributed by atoms with Crippen LogP contribution in [0.2, 0.25) is 0 Å². The largest absolute Gasteiger partial charge is 0.491 e. The Labute approximate surface area is 98.5 Å². The van der Waals surface area contributed by atoms with Gasteiger partial charge in [-0.25, -0.2) is 9.18 Å². The van der Waals surface area contributed by atoms with Crippen molar-refractivity contribution >= 4 is 11.9 Å². The molecule has 0 radical (unpaired) electrons. The van der Waals surface area contributed by atoms with Gasteiger partial charge in [-0.2, -0.15) is 0 Å². The monoisotopic (exact) mass is 252 g/mol. The summed E-state index contributed by atoms with van der Waals surface area (Å²) in [6, 6.07) is 3.40. The van der Waals surface area contributed by atoms with Gasteiger partial charge in [-0.1, -0.05) is 11.1 Å². The van der Waals surface area contributed by atoms with E-state index >= 15 is 0 Å². The van der Waals surface area contributed by atoms with Gasteiger partial charge in [0, 0.05) is 5.10 Å². The van der Waals surface area contributed by atoms with Gasteiger partial charge in [-0.15, -0.1) is 4.68 Å². The zero-order chi connectivity index (χ0) is 13.3. The minimum Gasteiger partial charge on any atom is -0.478 e. The lowest BCUT2D eigenvalue weighted by Gasteiger charge is -2.03. The van der Waals surface area contributed by atoms with Crippen molar-refractivity contribution in [3.8, 4) is 5.69 Å². The zero-order valence-electron chi connectivity index (χ0n) is 8.65. The molecule has 0 atom stereocenters. The maximum Gasteiger partial charge on any atom is 0.491 e. The Morgan fingerprint density at radius 2 is 2.22 bits per heavy atom. The summed E-state index contributed by atoms with van der Waals surface area (Å²) in [6.45, 7) is 0. The molecule has 2 aromatic rings. The van der Waals surface area contributed by atoms with E-state index in [1.165, 1.54) is 6.07 Å². The maximum absolute atomic E-state index is 13.6. The molecule has 0 saturated carbocycles. The number of carbonyl (C=O) groups is 1. The summed E-state index contributed by atoms with van der Waals surface area (Å²) in [4.78, 5) is 23.8. The highest BCUT2D eigenvalue weighted by Crippen LogP contribution is 2.18. The molecule has 18 heavy (non-hydrogen) atoms. The fraction of sp³-hybridized carbons (Fsp3) is 0.